The van der Waals surface area contributed by atoms with Crippen molar-refractivity contribution in [2.24, 2.45) is 11.8 Å². The second-order valence-electron chi connectivity index (χ2n) is 12.7. The lowest BCUT2D eigenvalue weighted by molar-refractivity contribution is -0.122. The molecule has 0 unspecified atom stereocenters. The first-order valence-electron chi connectivity index (χ1n) is 12.8. The highest BCUT2D eigenvalue weighted by Gasteiger charge is 2.62. The van der Waals surface area contributed by atoms with Gasteiger partial charge in [-0.15, -0.1) is 0 Å². The first kappa shape index (κ1) is 23.5. The van der Waals surface area contributed by atoms with Crippen molar-refractivity contribution in [2.45, 2.75) is 64.2 Å². The second kappa shape index (κ2) is 7.55. The lowest BCUT2D eigenvalue weighted by atomic mass is 9.54. The summed E-state index contributed by atoms with van der Waals surface area (Å²) in [6.07, 6.45) is 0. The molecule has 7 rings (SSSR count). The van der Waals surface area contributed by atoms with Gasteiger partial charge >= 0.3 is 0 Å². The largest absolute Gasteiger partial charge is 0.274 e. The van der Waals surface area contributed by atoms with Crippen LogP contribution in [0.15, 0.2) is 60.7 Å². The molecule has 3 aromatic carbocycles. The van der Waals surface area contributed by atoms with Crippen LogP contribution < -0.4 is 4.90 Å². The third-order valence-electron chi connectivity index (χ3n) is 8.43. The van der Waals surface area contributed by atoms with Gasteiger partial charge in [0.2, 0.25) is 11.8 Å². The number of amides is 2. The summed E-state index contributed by atoms with van der Waals surface area (Å²) in [5.74, 6) is -1.31. The fraction of sp³-hybridized carbons (Fsp3) is 0.375. The van der Waals surface area contributed by atoms with Crippen LogP contribution in [0.1, 0.15) is 86.8 Å². The zero-order chi connectivity index (χ0) is 25.7. The first-order chi connectivity index (χ1) is 16.9. The maximum absolute atomic E-state index is 14.0. The van der Waals surface area contributed by atoms with E-state index in [0.717, 1.165) is 0 Å². The van der Waals surface area contributed by atoms with Crippen molar-refractivity contribution in [2.75, 3.05) is 4.90 Å². The molecule has 1 aliphatic heterocycles. The van der Waals surface area contributed by atoms with Crippen molar-refractivity contribution in [1.82, 2.24) is 0 Å². The van der Waals surface area contributed by atoms with Crippen molar-refractivity contribution < 1.29 is 9.59 Å². The number of benzene rings is 3. The number of anilines is 1. The zero-order valence-corrected chi connectivity index (χ0v) is 22.5. The van der Waals surface area contributed by atoms with Gasteiger partial charge in [-0.3, -0.25) is 9.59 Å². The van der Waals surface area contributed by atoms with Crippen molar-refractivity contribution in [3.63, 3.8) is 0 Å². The number of hydrogen-bond acceptors (Lipinski definition) is 2. The van der Waals surface area contributed by atoms with Crippen molar-refractivity contribution in [3.8, 4) is 0 Å². The van der Waals surface area contributed by atoms with Gasteiger partial charge in [0.15, 0.2) is 0 Å². The summed E-state index contributed by atoms with van der Waals surface area (Å²) in [6, 6.07) is 20.5. The Kier molecular flexibility index (Phi) is 4.93. The molecule has 1 saturated heterocycles. The summed E-state index contributed by atoms with van der Waals surface area (Å²) in [7, 11) is 0. The van der Waals surface area contributed by atoms with Crippen LogP contribution in [0, 0.1) is 11.8 Å². The number of halogens is 1. The number of rotatable bonds is 1. The summed E-state index contributed by atoms with van der Waals surface area (Å²) in [4.78, 5) is 29.5. The highest BCUT2D eigenvalue weighted by Crippen LogP contribution is 2.62. The van der Waals surface area contributed by atoms with E-state index in [-0.39, 0.29) is 34.5 Å². The predicted molar refractivity (Wildman–Crippen MR) is 145 cm³/mol. The Labute approximate surface area is 218 Å². The normalized spacial score (nSPS) is 24.6. The number of carbonyl (C=O) groups is 2. The maximum Gasteiger partial charge on any atom is 0.238 e. The Morgan fingerprint density at radius 1 is 0.639 bits per heavy atom. The molecule has 1 fully saturated rings. The van der Waals surface area contributed by atoms with Crippen LogP contribution >= 0.6 is 11.6 Å². The number of carbonyl (C=O) groups excluding carboxylic acids is 2. The van der Waals surface area contributed by atoms with Crippen LogP contribution in [0.2, 0.25) is 5.02 Å². The summed E-state index contributed by atoms with van der Waals surface area (Å²) in [5, 5.41) is 0.516. The van der Waals surface area contributed by atoms with Gasteiger partial charge in [0.25, 0.3) is 0 Å². The molecule has 3 nitrogen and oxygen atoms in total. The van der Waals surface area contributed by atoms with Gasteiger partial charge in [-0.25, -0.2) is 4.90 Å². The van der Waals surface area contributed by atoms with Gasteiger partial charge in [-0.05, 0) is 62.4 Å². The third kappa shape index (κ3) is 3.25. The molecule has 0 saturated carbocycles. The van der Waals surface area contributed by atoms with Crippen molar-refractivity contribution in [1.29, 1.82) is 0 Å². The molecule has 3 aliphatic carbocycles. The Bertz CT molecular complexity index is 1350. The molecule has 1 heterocycles. The quantitative estimate of drug-likeness (QED) is 0.330. The standard InChI is InChI=1S/C32H32ClNO2/c1-31(2,3)17-10-12-21-23(14-17)25-22-13-11-18(32(4,5)6)15-24(22)26(21)28-27(25)29(35)34(30(28)36)20-9-7-8-19(33)16-20/h7-16,25-28H,1-6H3/t25-,26+,27-,28-/m0/s1. The van der Waals surface area contributed by atoms with Crippen LogP contribution in [-0.2, 0) is 20.4 Å². The fourth-order valence-electron chi connectivity index (χ4n) is 6.58. The predicted octanol–water partition coefficient (Wildman–Crippen LogP) is 7.33. The van der Waals surface area contributed by atoms with Gasteiger partial charge in [0.05, 0.1) is 17.5 Å². The molecule has 2 amide bonds. The van der Waals surface area contributed by atoms with Crippen LogP contribution in [0.25, 0.3) is 0 Å². The van der Waals surface area contributed by atoms with Gasteiger partial charge in [0, 0.05) is 16.9 Å². The van der Waals surface area contributed by atoms with E-state index in [0.29, 0.717) is 10.7 Å². The third-order valence-corrected chi connectivity index (χ3v) is 8.66. The Hall–Kier alpha value is -2.91. The van der Waals surface area contributed by atoms with Crippen LogP contribution in [0.5, 0.6) is 0 Å². The zero-order valence-electron chi connectivity index (χ0n) is 21.7. The van der Waals surface area contributed by atoms with Crippen molar-refractivity contribution in [3.05, 3.63) is 99.1 Å². The van der Waals surface area contributed by atoms with E-state index in [1.165, 1.54) is 38.3 Å². The topological polar surface area (TPSA) is 37.4 Å². The van der Waals surface area contributed by atoms with Crippen molar-refractivity contribution >= 4 is 29.1 Å². The van der Waals surface area contributed by atoms with E-state index in [4.69, 9.17) is 11.6 Å². The van der Waals surface area contributed by atoms with Crippen LogP contribution in [0.4, 0.5) is 5.69 Å². The Balaban J connectivity index is 1.58. The molecule has 2 bridgehead atoms. The van der Waals surface area contributed by atoms with Gasteiger partial charge in [0.1, 0.15) is 0 Å². The number of nitrogens with zero attached hydrogens (tertiary/aromatic N) is 1. The number of imide groups is 1. The highest BCUT2D eigenvalue weighted by molar-refractivity contribution is 6.31. The summed E-state index contributed by atoms with van der Waals surface area (Å²) in [5.41, 5.74) is 7.86. The fourth-order valence-corrected chi connectivity index (χ4v) is 6.76. The molecule has 4 heteroatoms. The lowest BCUT2D eigenvalue weighted by Gasteiger charge is -2.47. The Morgan fingerprint density at radius 2 is 1.11 bits per heavy atom. The van der Waals surface area contributed by atoms with E-state index in [9.17, 15) is 9.59 Å². The molecule has 0 aromatic heterocycles. The summed E-state index contributed by atoms with van der Waals surface area (Å²) < 4.78 is 0. The van der Waals surface area contributed by atoms with E-state index in [1.54, 1.807) is 24.3 Å². The molecule has 4 atom stereocenters. The lowest BCUT2D eigenvalue weighted by Crippen LogP contribution is -2.42. The minimum Gasteiger partial charge on any atom is -0.274 e. The molecule has 4 aliphatic rings. The molecular formula is C32H32ClNO2. The van der Waals surface area contributed by atoms with Gasteiger partial charge in [-0.2, -0.15) is 0 Å². The first-order valence-corrected chi connectivity index (χ1v) is 13.2. The van der Waals surface area contributed by atoms with E-state index in [1.807, 2.05) is 0 Å². The second-order valence-corrected chi connectivity index (χ2v) is 13.1. The van der Waals surface area contributed by atoms with E-state index < -0.39 is 11.8 Å². The van der Waals surface area contributed by atoms with E-state index in [2.05, 4.69) is 77.9 Å². The molecule has 3 aromatic rings. The number of hydrogen-bond donors (Lipinski definition) is 0. The SMILES string of the molecule is CC(C)(C)c1ccc2c(c1)[C@H]1c3ccc(C(C)(C)C)cc3[C@H]2[C@@H]2C(=O)N(c3cccc(Cl)c3)C(=O)[C@@H]12. The minimum atomic E-state index is -0.405. The molecule has 0 N–H and O–H groups in total. The van der Waals surface area contributed by atoms with Gasteiger partial charge in [-0.1, -0.05) is 95.6 Å². The molecular weight excluding hydrogens is 466 g/mol. The minimum absolute atomic E-state index is 0.00757. The Morgan fingerprint density at radius 3 is 1.53 bits per heavy atom. The van der Waals surface area contributed by atoms with E-state index >= 15 is 0 Å². The smallest absolute Gasteiger partial charge is 0.238 e. The summed E-state index contributed by atoms with van der Waals surface area (Å²) in [6.45, 7) is 13.3. The molecule has 0 spiro atoms. The molecule has 0 radical (unpaired) electrons. The van der Waals surface area contributed by atoms with Crippen LogP contribution in [-0.4, -0.2) is 11.8 Å². The van der Waals surface area contributed by atoms with Crippen LogP contribution in [0.3, 0.4) is 0 Å². The highest BCUT2D eigenvalue weighted by atomic mass is 35.5. The average Bonchev–Trinajstić information content (AvgIpc) is 3.07. The average molecular weight is 498 g/mol. The van der Waals surface area contributed by atoms with Gasteiger partial charge < -0.3 is 0 Å². The maximum atomic E-state index is 14.0. The molecule has 36 heavy (non-hydrogen) atoms. The monoisotopic (exact) mass is 497 g/mol. The summed E-state index contributed by atoms with van der Waals surface area (Å²) >= 11 is 6.26. The molecule has 184 valence electrons.